The molecule has 0 amide bonds. The summed E-state index contributed by atoms with van der Waals surface area (Å²) in [6.07, 6.45) is 6.37. The first-order valence-electron chi connectivity index (χ1n) is 7.65. The quantitative estimate of drug-likeness (QED) is 0.905. The average Bonchev–Trinajstić information content (AvgIpc) is 2.80. The minimum atomic E-state index is -3.37. The Morgan fingerprint density at radius 2 is 2.05 bits per heavy atom. The van der Waals surface area contributed by atoms with Gasteiger partial charge in [0.2, 0.25) is 0 Å². The Hall–Kier alpha value is -0.880. The summed E-state index contributed by atoms with van der Waals surface area (Å²) in [5, 5.41) is 10.5. The maximum Gasteiger partial charge on any atom is 0.160 e. The molecule has 6 heteroatoms. The number of hydrogen-bond donors (Lipinski definition) is 1. The Balaban J connectivity index is 2.07. The molecule has 120 valence electrons. The number of aromatic nitrogens is 2. The summed E-state index contributed by atoms with van der Waals surface area (Å²) in [6.45, 7) is 6.13. The molecule has 0 saturated heterocycles. The molecule has 0 aliphatic heterocycles. The van der Waals surface area contributed by atoms with Crippen LogP contribution in [0.2, 0.25) is 0 Å². The zero-order valence-corrected chi connectivity index (χ0v) is 13.9. The van der Waals surface area contributed by atoms with Gasteiger partial charge >= 0.3 is 0 Å². The maximum absolute atomic E-state index is 12.4. The summed E-state index contributed by atoms with van der Waals surface area (Å²) in [5.41, 5.74) is -1.05. The van der Waals surface area contributed by atoms with Gasteiger partial charge in [0.25, 0.3) is 0 Å². The summed E-state index contributed by atoms with van der Waals surface area (Å²) in [6, 6.07) is 0.177. The van der Waals surface area contributed by atoms with Gasteiger partial charge in [-0.2, -0.15) is 0 Å². The fourth-order valence-corrected chi connectivity index (χ4v) is 4.85. The summed E-state index contributed by atoms with van der Waals surface area (Å²) in [7, 11) is -3.37. The summed E-state index contributed by atoms with van der Waals surface area (Å²) < 4.78 is 26.7. The third-order valence-corrected chi connectivity index (χ3v) is 6.02. The van der Waals surface area contributed by atoms with E-state index >= 15 is 0 Å². The van der Waals surface area contributed by atoms with Crippen LogP contribution in [-0.4, -0.2) is 34.4 Å². The molecule has 0 atom stereocenters. The van der Waals surface area contributed by atoms with Crippen LogP contribution in [0, 0.1) is 5.92 Å². The third kappa shape index (κ3) is 4.30. The van der Waals surface area contributed by atoms with Gasteiger partial charge in [-0.05, 0) is 45.4 Å². The molecule has 0 unspecified atom stereocenters. The van der Waals surface area contributed by atoms with E-state index in [1.54, 1.807) is 12.4 Å². The van der Waals surface area contributed by atoms with E-state index in [9.17, 15) is 13.5 Å². The fourth-order valence-electron chi connectivity index (χ4n) is 3.03. The van der Waals surface area contributed by atoms with Crippen molar-refractivity contribution < 1.29 is 13.5 Å². The van der Waals surface area contributed by atoms with Crippen LogP contribution in [-0.2, 0) is 15.6 Å². The van der Waals surface area contributed by atoms with E-state index in [2.05, 4.69) is 11.9 Å². The van der Waals surface area contributed by atoms with Gasteiger partial charge in [-0.1, -0.05) is 6.92 Å². The lowest BCUT2D eigenvalue weighted by Crippen LogP contribution is -2.41. The number of sulfone groups is 1. The van der Waals surface area contributed by atoms with Gasteiger partial charge in [0.15, 0.2) is 9.84 Å². The Morgan fingerprint density at radius 3 is 2.62 bits per heavy atom. The zero-order chi connectivity index (χ0) is 15.7. The Labute approximate surface area is 127 Å². The molecule has 0 aromatic carbocycles. The van der Waals surface area contributed by atoms with Crippen molar-refractivity contribution in [2.45, 2.75) is 63.9 Å². The highest BCUT2D eigenvalue weighted by Gasteiger charge is 2.36. The van der Waals surface area contributed by atoms with Gasteiger partial charge in [-0.25, -0.2) is 13.4 Å². The Morgan fingerprint density at radius 1 is 1.43 bits per heavy atom. The Bertz CT molecular complexity index is 569. The van der Waals surface area contributed by atoms with Crippen LogP contribution < -0.4 is 0 Å². The molecule has 1 heterocycles. The molecule has 0 spiro atoms. The number of nitrogens with zero attached hydrogens (tertiary/aromatic N) is 2. The lowest BCUT2D eigenvalue weighted by Gasteiger charge is -2.34. The van der Waals surface area contributed by atoms with Gasteiger partial charge in [0.1, 0.15) is 11.6 Å². The van der Waals surface area contributed by atoms with Crippen molar-refractivity contribution in [2.75, 3.05) is 5.75 Å². The molecule has 0 bridgehead atoms. The molecule has 5 nitrogen and oxygen atoms in total. The lowest BCUT2D eigenvalue weighted by atomic mass is 9.81. The molecule has 1 aliphatic carbocycles. The van der Waals surface area contributed by atoms with E-state index in [-0.39, 0.29) is 17.5 Å². The molecule has 1 aromatic rings. The molecule has 1 N–H and O–H groups in total. The highest BCUT2D eigenvalue weighted by Crippen LogP contribution is 2.33. The molecule has 1 aromatic heterocycles. The van der Waals surface area contributed by atoms with E-state index in [1.165, 1.54) is 0 Å². The second-order valence-electron chi connectivity index (χ2n) is 6.78. The number of imidazole rings is 1. The average molecular weight is 314 g/mol. The van der Waals surface area contributed by atoms with Gasteiger partial charge in [-0.15, -0.1) is 0 Å². The van der Waals surface area contributed by atoms with Crippen molar-refractivity contribution in [1.82, 2.24) is 9.55 Å². The molecular weight excluding hydrogens is 288 g/mol. The zero-order valence-electron chi connectivity index (χ0n) is 13.1. The van der Waals surface area contributed by atoms with Crippen LogP contribution in [0.5, 0.6) is 0 Å². The first-order valence-corrected chi connectivity index (χ1v) is 9.47. The van der Waals surface area contributed by atoms with Gasteiger partial charge in [0.05, 0.1) is 11.4 Å². The van der Waals surface area contributed by atoms with Crippen LogP contribution in [0.25, 0.3) is 0 Å². The van der Waals surface area contributed by atoms with E-state index in [0.717, 1.165) is 12.8 Å². The van der Waals surface area contributed by atoms with E-state index in [0.29, 0.717) is 24.6 Å². The first kappa shape index (κ1) is 16.5. The standard InChI is InChI=1S/C15H26N2O3S/c1-12(2)17-9-8-16-14(17)10-21(19,20)11-15(18)6-4-13(3)5-7-15/h8-9,12-13,18H,4-7,10-11H2,1-3H3. The predicted octanol–water partition coefficient (Wildman–Crippen LogP) is 2.32. The van der Waals surface area contributed by atoms with Crippen LogP contribution in [0.15, 0.2) is 12.4 Å². The van der Waals surface area contributed by atoms with Crippen molar-refractivity contribution in [2.24, 2.45) is 5.92 Å². The van der Waals surface area contributed by atoms with Crippen molar-refractivity contribution in [3.8, 4) is 0 Å². The first-order chi connectivity index (χ1) is 9.71. The normalized spacial score (nSPS) is 27.2. The molecule has 2 rings (SSSR count). The van der Waals surface area contributed by atoms with Gasteiger partial charge in [0, 0.05) is 18.4 Å². The molecule has 0 radical (unpaired) electrons. The molecule has 1 saturated carbocycles. The minimum Gasteiger partial charge on any atom is -0.389 e. The molecule has 1 fully saturated rings. The van der Waals surface area contributed by atoms with Gasteiger partial charge in [-0.3, -0.25) is 0 Å². The van der Waals surface area contributed by atoms with Gasteiger partial charge < -0.3 is 9.67 Å². The second kappa shape index (κ2) is 6.08. The van der Waals surface area contributed by atoms with Crippen molar-refractivity contribution in [3.05, 3.63) is 18.2 Å². The smallest absolute Gasteiger partial charge is 0.160 e. The summed E-state index contributed by atoms with van der Waals surface area (Å²) in [5.74, 6) is 0.874. The van der Waals surface area contributed by atoms with E-state index in [1.807, 2.05) is 18.4 Å². The highest BCUT2D eigenvalue weighted by atomic mass is 32.2. The van der Waals surface area contributed by atoms with E-state index in [4.69, 9.17) is 0 Å². The van der Waals surface area contributed by atoms with Crippen molar-refractivity contribution in [3.63, 3.8) is 0 Å². The van der Waals surface area contributed by atoms with Crippen LogP contribution in [0.1, 0.15) is 58.3 Å². The number of hydrogen-bond acceptors (Lipinski definition) is 4. The summed E-state index contributed by atoms with van der Waals surface area (Å²) in [4.78, 5) is 4.15. The minimum absolute atomic E-state index is 0.101. The highest BCUT2D eigenvalue weighted by molar-refractivity contribution is 7.90. The van der Waals surface area contributed by atoms with Crippen LogP contribution in [0.3, 0.4) is 0 Å². The Kier molecular flexibility index (Phi) is 4.78. The topological polar surface area (TPSA) is 72.2 Å². The van der Waals surface area contributed by atoms with Crippen LogP contribution in [0.4, 0.5) is 0 Å². The fraction of sp³-hybridized carbons (Fsp3) is 0.800. The predicted molar refractivity (Wildman–Crippen MR) is 82.7 cm³/mol. The number of rotatable bonds is 5. The summed E-state index contributed by atoms with van der Waals surface area (Å²) >= 11 is 0. The van der Waals surface area contributed by atoms with Crippen LogP contribution >= 0.6 is 0 Å². The molecule has 21 heavy (non-hydrogen) atoms. The van der Waals surface area contributed by atoms with E-state index < -0.39 is 15.4 Å². The largest absolute Gasteiger partial charge is 0.389 e. The third-order valence-electron chi connectivity index (χ3n) is 4.35. The van der Waals surface area contributed by atoms with Crippen molar-refractivity contribution >= 4 is 9.84 Å². The second-order valence-corrected chi connectivity index (χ2v) is 8.85. The molecule has 1 aliphatic rings. The van der Waals surface area contributed by atoms with Crippen molar-refractivity contribution in [1.29, 1.82) is 0 Å². The maximum atomic E-state index is 12.4. The lowest BCUT2D eigenvalue weighted by molar-refractivity contribution is 0.0135. The monoisotopic (exact) mass is 314 g/mol. The number of aliphatic hydroxyl groups is 1. The SMILES string of the molecule is CC1CCC(O)(CS(=O)(=O)Cc2nccn2C(C)C)CC1. The molecular formula is C15H26N2O3S.